The smallest absolute Gasteiger partial charge is 0.340 e. The molecule has 0 aliphatic rings. The summed E-state index contributed by atoms with van der Waals surface area (Å²) in [5.74, 6) is 0.946. The lowest BCUT2D eigenvalue weighted by atomic mass is 10.1. The standard InChI is InChI=1S/C29H26N8O3/c1-3-4-12-25-31-22-10-7-9-21(29(39)40-2)26(22)36(25)16-18-13-14-19-23(15-18)30-17-37(28(19)38)24-11-6-5-8-20(24)27-32-34-35-33-27/h5-11,13-15,17H,3-4,12,16H2,1-2H3,(H,32,33,34,35). The van der Waals surface area contributed by atoms with Crippen LogP contribution in [0, 0.1) is 0 Å². The van der Waals surface area contributed by atoms with Crippen molar-refractivity contribution in [3.63, 3.8) is 0 Å². The topological polar surface area (TPSA) is 133 Å². The number of imidazole rings is 1. The Morgan fingerprint density at radius 2 is 1.93 bits per heavy atom. The van der Waals surface area contributed by atoms with Gasteiger partial charge in [-0.15, -0.1) is 5.10 Å². The fourth-order valence-electron chi connectivity index (χ4n) is 4.98. The molecule has 3 aromatic heterocycles. The van der Waals surface area contributed by atoms with Gasteiger partial charge in [-0.05, 0) is 58.8 Å². The fourth-order valence-corrected chi connectivity index (χ4v) is 4.98. The number of esters is 1. The lowest BCUT2D eigenvalue weighted by Crippen LogP contribution is -2.19. The number of aromatic amines is 1. The minimum absolute atomic E-state index is 0.207. The maximum Gasteiger partial charge on any atom is 0.340 e. The summed E-state index contributed by atoms with van der Waals surface area (Å²) >= 11 is 0. The van der Waals surface area contributed by atoms with Gasteiger partial charge in [0.1, 0.15) is 12.2 Å². The van der Waals surface area contributed by atoms with E-state index in [1.54, 1.807) is 12.1 Å². The highest BCUT2D eigenvalue weighted by atomic mass is 16.5. The van der Waals surface area contributed by atoms with Crippen molar-refractivity contribution in [1.82, 2.24) is 39.7 Å². The molecular weight excluding hydrogens is 508 g/mol. The van der Waals surface area contributed by atoms with Gasteiger partial charge < -0.3 is 9.30 Å². The molecule has 0 aliphatic carbocycles. The van der Waals surface area contributed by atoms with Crippen LogP contribution in [0.5, 0.6) is 0 Å². The van der Waals surface area contributed by atoms with Gasteiger partial charge in [-0.25, -0.2) is 19.9 Å². The first-order chi connectivity index (χ1) is 19.6. The molecule has 3 aromatic carbocycles. The molecule has 0 amide bonds. The summed E-state index contributed by atoms with van der Waals surface area (Å²) in [4.78, 5) is 35.6. The third-order valence-electron chi connectivity index (χ3n) is 6.93. The zero-order valence-corrected chi connectivity index (χ0v) is 22.0. The van der Waals surface area contributed by atoms with Crippen molar-refractivity contribution in [3.05, 3.63) is 94.3 Å². The number of tetrazole rings is 1. The molecule has 40 heavy (non-hydrogen) atoms. The highest BCUT2D eigenvalue weighted by Crippen LogP contribution is 2.26. The summed E-state index contributed by atoms with van der Waals surface area (Å²) in [6.45, 7) is 2.60. The van der Waals surface area contributed by atoms with Gasteiger partial charge in [0, 0.05) is 18.5 Å². The lowest BCUT2D eigenvalue weighted by Gasteiger charge is -2.13. The largest absolute Gasteiger partial charge is 0.465 e. The molecule has 0 fully saturated rings. The second-order valence-electron chi connectivity index (χ2n) is 9.42. The fraction of sp³-hybridized carbons (Fsp3) is 0.207. The molecule has 6 rings (SSSR count). The number of ether oxygens (including phenoxy) is 1. The van der Waals surface area contributed by atoms with E-state index in [0.717, 1.165) is 41.7 Å². The van der Waals surface area contributed by atoms with Crippen LogP contribution in [0.25, 0.3) is 39.0 Å². The Morgan fingerprint density at radius 1 is 1.05 bits per heavy atom. The number of rotatable bonds is 8. The van der Waals surface area contributed by atoms with E-state index in [1.165, 1.54) is 18.0 Å². The molecule has 200 valence electrons. The first-order valence-electron chi connectivity index (χ1n) is 13.0. The summed E-state index contributed by atoms with van der Waals surface area (Å²) in [7, 11) is 1.38. The van der Waals surface area contributed by atoms with Crippen molar-refractivity contribution in [3.8, 4) is 17.1 Å². The molecule has 0 saturated heterocycles. The highest BCUT2D eigenvalue weighted by molar-refractivity contribution is 6.02. The van der Waals surface area contributed by atoms with Crippen LogP contribution in [-0.4, -0.2) is 52.8 Å². The van der Waals surface area contributed by atoms with E-state index >= 15 is 0 Å². The molecule has 0 spiro atoms. The monoisotopic (exact) mass is 534 g/mol. The third-order valence-corrected chi connectivity index (χ3v) is 6.93. The number of fused-ring (bicyclic) bond motifs is 2. The van der Waals surface area contributed by atoms with Crippen LogP contribution < -0.4 is 5.56 Å². The number of methoxy groups -OCH3 is 1. The van der Waals surface area contributed by atoms with E-state index < -0.39 is 5.97 Å². The lowest BCUT2D eigenvalue weighted by molar-refractivity contribution is 0.0602. The minimum atomic E-state index is -0.407. The average Bonchev–Trinajstić information content (AvgIpc) is 3.64. The summed E-state index contributed by atoms with van der Waals surface area (Å²) in [6.07, 6.45) is 4.30. The number of para-hydroxylation sites is 2. The van der Waals surface area contributed by atoms with Gasteiger partial charge in [-0.1, -0.05) is 37.6 Å². The number of hydrogen-bond donors (Lipinski definition) is 1. The molecule has 3 heterocycles. The molecule has 11 heteroatoms. The Bertz CT molecular complexity index is 1910. The van der Waals surface area contributed by atoms with Crippen molar-refractivity contribution >= 4 is 27.9 Å². The number of unbranched alkanes of at least 4 members (excludes halogenated alkanes) is 1. The van der Waals surface area contributed by atoms with Crippen LogP contribution in [0.1, 0.15) is 41.5 Å². The van der Waals surface area contributed by atoms with E-state index in [0.29, 0.717) is 40.1 Å². The molecule has 0 aliphatic heterocycles. The van der Waals surface area contributed by atoms with Crippen molar-refractivity contribution < 1.29 is 9.53 Å². The molecule has 0 atom stereocenters. The number of carbonyl (C=O) groups excluding carboxylic acids is 1. The van der Waals surface area contributed by atoms with Gasteiger partial charge in [0.05, 0.1) is 40.3 Å². The van der Waals surface area contributed by atoms with Gasteiger partial charge in [0.15, 0.2) is 5.82 Å². The van der Waals surface area contributed by atoms with Crippen molar-refractivity contribution in [1.29, 1.82) is 0 Å². The first-order valence-corrected chi connectivity index (χ1v) is 13.0. The van der Waals surface area contributed by atoms with Gasteiger partial charge in [0.25, 0.3) is 5.56 Å². The third kappa shape index (κ3) is 4.41. The summed E-state index contributed by atoms with van der Waals surface area (Å²) < 4.78 is 8.62. The summed E-state index contributed by atoms with van der Waals surface area (Å²) in [5, 5.41) is 14.5. The van der Waals surface area contributed by atoms with Crippen LogP contribution in [0.4, 0.5) is 0 Å². The van der Waals surface area contributed by atoms with E-state index in [9.17, 15) is 9.59 Å². The molecule has 6 aromatic rings. The summed E-state index contributed by atoms with van der Waals surface area (Å²) in [5.41, 5.74) is 4.55. The Labute approximate surface area is 228 Å². The number of H-pyrrole nitrogens is 1. The number of aryl methyl sites for hydroxylation is 1. The van der Waals surface area contributed by atoms with Crippen molar-refractivity contribution in [2.45, 2.75) is 32.7 Å². The van der Waals surface area contributed by atoms with Crippen LogP contribution in [0.2, 0.25) is 0 Å². The molecule has 1 N–H and O–H groups in total. The van der Waals surface area contributed by atoms with Gasteiger partial charge in [-0.3, -0.25) is 9.36 Å². The maximum absolute atomic E-state index is 13.6. The van der Waals surface area contributed by atoms with Crippen LogP contribution in [0.15, 0.2) is 71.8 Å². The Balaban J connectivity index is 1.43. The van der Waals surface area contributed by atoms with Crippen molar-refractivity contribution in [2.24, 2.45) is 0 Å². The number of benzene rings is 3. The predicted octanol–water partition coefficient (Wildman–Crippen LogP) is 4.09. The zero-order chi connectivity index (χ0) is 27.6. The molecular formula is C29H26N8O3. The Hall–Kier alpha value is -5.19. The number of carbonyl (C=O) groups is 1. The Morgan fingerprint density at radius 3 is 2.73 bits per heavy atom. The molecule has 0 saturated carbocycles. The highest BCUT2D eigenvalue weighted by Gasteiger charge is 2.19. The maximum atomic E-state index is 13.6. The van der Waals surface area contributed by atoms with Crippen molar-refractivity contribution in [2.75, 3.05) is 7.11 Å². The van der Waals surface area contributed by atoms with Crippen LogP contribution in [0.3, 0.4) is 0 Å². The second kappa shape index (κ2) is 10.5. The van der Waals surface area contributed by atoms with Gasteiger partial charge in [-0.2, -0.15) is 0 Å². The molecule has 0 unspecified atom stereocenters. The van der Waals surface area contributed by atoms with E-state index in [-0.39, 0.29) is 5.56 Å². The number of aromatic nitrogens is 8. The molecule has 11 nitrogen and oxygen atoms in total. The molecule has 0 bridgehead atoms. The predicted molar refractivity (Wildman–Crippen MR) is 149 cm³/mol. The molecule has 0 radical (unpaired) electrons. The minimum Gasteiger partial charge on any atom is -0.465 e. The second-order valence-corrected chi connectivity index (χ2v) is 9.42. The SMILES string of the molecule is CCCCc1nc2cccc(C(=O)OC)c2n1Cc1ccc2c(=O)n(-c3ccccc3-c3nnn[nH]3)cnc2c1. The number of hydrogen-bond acceptors (Lipinski definition) is 8. The quantitative estimate of drug-likeness (QED) is 0.289. The normalized spacial score (nSPS) is 11.3. The van der Waals surface area contributed by atoms with E-state index in [2.05, 4.69) is 37.1 Å². The van der Waals surface area contributed by atoms with Gasteiger partial charge >= 0.3 is 5.97 Å². The number of nitrogens with zero attached hydrogens (tertiary/aromatic N) is 7. The van der Waals surface area contributed by atoms with E-state index in [1.807, 2.05) is 48.5 Å². The number of nitrogens with one attached hydrogen (secondary N) is 1. The van der Waals surface area contributed by atoms with Gasteiger partial charge in [0.2, 0.25) is 0 Å². The summed E-state index contributed by atoms with van der Waals surface area (Å²) in [6, 6.07) is 18.5. The van der Waals surface area contributed by atoms with E-state index in [4.69, 9.17) is 9.72 Å². The average molecular weight is 535 g/mol. The first kappa shape index (κ1) is 25.1. The Kier molecular flexibility index (Phi) is 6.61. The van der Waals surface area contributed by atoms with Crippen LogP contribution in [-0.2, 0) is 17.7 Å². The van der Waals surface area contributed by atoms with Crippen LogP contribution >= 0.6 is 0 Å². The zero-order valence-electron chi connectivity index (χ0n) is 22.0.